The molecule has 0 unspecified atom stereocenters. The molecular formula is C17H22F2N4O3. The van der Waals surface area contributed by atoms with Crippen LogP contribution >= 0.6 is 0 Å². The number of hydrogen-bond donors (Lipinski definition) is 1. The summed E-state index contributed by atoms with van der Waals surface area (Å²) in [6, 6.07) is 6.68. The van der Waals surface area contributed by atoms with E-state index in [-0.39, 0.29) is 18.7 Å². The Kier molecular flexibility index (Phi) is 5.87. The molecule has 7 nitrogen and oxygen atoms in total. The number of anilines is 2. The van der Waals surface area contributed by atoms with E-state index in [1.165, 1.54) is 4.90 Å². The number of hydrogen-bond acceptors (Lipinski definition) is 4. The van der Waals surface area contributed by atoms with E-state index >= 15 is 0 Å². The number of rotatable bonds is 4. The minimum Gasteiger partial charge on any atom is -0.447 e. The molecule has 1 aromatic rings. The van der Waals surface area contributed by atoms with Gasteiger partial charge in [-0.3, -0.25) is 9.80 Å². The van der Waals surface area contributed by atoms with Crippen LogP contribution in [-0.2, 0) is 4.74 Å². The van der Waals surface area contributed by atoms with Crippen molar-refractivity contribution in [3.63, 3.8) is 0 Å². The molecule has 0 atom stereocenters. The van der Waals surface area contributed by atoms with Gasteiger partial charge in [-0.15, -0.1) is 0 Å². The van der Waals surface area contributed by atoms with Crippen molar-refractivity contribution in [2.24, 2.45) is 0 Å². The zero-order valence-corrected chi connectivity index (χ0v) is 14.4. The molecular weight excluding hydrogens is 346 g/mol. The average molecular weight is 368 g/mol. The lowest BCUT2D eigenvalue weighted by atomic mass is 10.2. The number of carbonyl (C=O) groups is 2. The average Bonchev–Trinajstić information content (AvgIpc) is 2.89. The first-order valence-electron chi connectivity index (χ1n) is 8.64. The second-order valence-electron chi connectivity index (χ2n) is 6.28. The lowest BCUT2D eigenvalue weighted by Crippen LogP contribution is -2.38. The van der Waals surface area contributed by atoms with Gasteiger partial charge in [0.2, 0.25) is 0 Å². The van der Waals surface area contributed by atoms with E-state index in [2.05, 4.69) is 5.32 Å². The van der Waals surface area contributed by atoms with Gasteiger partial charge in [0.1, 0.15) is 6.61 Å². The summed E-state index contributed by atoms with van der Waals surface area (Å²) in [5, 5.41) is 2.81. The maximum Gasteiger partial charge on any atom is 0.414 e. The molecule has 9 heteroatoms. The fourth-order valence-electron chi connectivity index (χ4n) is 3.11. The van der Waals surface area contributed by atoms with Crippen molar-refractivity contribution in [3.05, 3.63) is 24.3 Å². The maximum absolute atomic E-state index is 12.5. The molecule has 26 heavy (non-hydrogen) atoms. The zero-order valence-electron chi connectivity index (χ0n) is 14.4. The number of halogens is 2. The fourth-order valence-corrected chi connectivity index (χ4v) is 3.11. The van der Waals surface area contributed by atoms with Crippen molar-refractivity contribution < 1.29 is 23.1 Å². The van der Waals surface area contributed by atoms with Gasteiger partial charge in [0.05, 0.1) is 13.1 Å². The highest BCUT2D eigenvalue weighted by Gasteiger charge is 2.24. The number of nitrogens with zero attached hydrogens (tertiary/aromatic N) is 3. The van der Waals surface area contributed by atoms with Gasteiger partial charge in [-0.2, -0.15) is 0 Å². The molecule has 2 heterocycles. The number of cyclic esters (lactones) is 1. The summed E-state index contributed by atoms with van der Waals surface area (Å²) in [7, 11) is 0. The van der Waals surface area contributed by atoms with Crippen molar-refractivity contribution in [2.45, 2.75) is 12.8 Å². The highest BCUT2D eigenvalue weighted by Crippen LogP contribution is 2.21. The standard InChI is InChI=1S/C17H22F2N4O3/c18-15(19)12-21-6-1-7-22(9-8-21)16(24)20-13-2-4-14(5-3-13)23-10-11-26-17(23)25/h2-5,15H,1,6-12H2,(H,20,24). The summed E-state index contributed by atoms with van der Waals surface area (Å²) in [6.45, 7) is 2.57. The van der Waals surface area contributed by atoms with E-state index in [0.717, 1.165) is 0 Å². The predicted molar refractivity (Wildman–Crippen MR) is 92.8 cm³/mol. The fraction of sp³-hybridized carbons (Fsp3) is 0.529. The molecule has 3 rings (SSSR count). The first-order chi connectivity index (χ1) is 12.5. The van der Waals surface area contributed by atoms with E-state index in [1.807, 2.05) is 0 Å². The Morgan fingerprint density at radius 2 is 1.88 bits per heavy atom. The number of carbonyl (C=O) groups excluding carboxylic acids is 2. The second-order valence-corrected chi connectivity index (χ2v) is 6.28. The Hall–Kier alpha value is -2.42. The Morgan fingerprint density at radius 1 is 1.12 bits per heavy atom. The van der Waals surface area contributed by atoms with Crippen molar-refractivity contribution in [1.82, 2.24) is 9.80 Å². The summed E-state index contributed by atoms with van der Waals surface area (Å²) in [5.74, 6) is 0. The van der Waals surface area contributed by atoms with Gasteiger partial charge in [0.15, 0.2) is 0 Å². The highest BCUT2D eigenvalue weighted by atomic mass is 19.3. The Labute approximate surface area is 150 Å². The Bertz CT molecular complexity index is 641. The van der Waals surface area contributed by atoms with Crippen LogP contribution in [0.2, 0.25) is 0 Å². The van der Waals surface area contributed by atoms with Gasteiger partial charge in [-0.1, -0.05) is 0 Å². The third-order valence-electron chi connectivity index (χ3n) is 4.46. The van der Waals surface area contributed by atoms with Crippen LogP contribution in [0.5, 0.6) is 0 Å². The minimum atomic E-state index is -2.36. The minimum absolute atomic E-state index is 0.253. The summed E-state index contributed by atoms with van der Waals surface area (Å²) >= 11 is 0. The number of benzene rings is 1. The Balaban J connectivity index is 1.53. The van der Waals surface area contributed by atoms with Gasteiger partial charge in [-0.05, 0) is 30.7 Å². The SMILES string of the molecule is O=C(Nc1ccc(N2CCOC2=O)cc1)N1CCCN(CC(F)F)CC1. The van der Waals surface area contributed by atoms with E-state index in [9.17, 15) is 18.4 Å². The smallest absolute Gasteiger partial charge is 0.414 e. The number of ether oxygens (including phenoxy) is 1. The van der Waals surface area contributed by atoms with Gasteiger partial charge in [0.25, 0.3) is 6.43 Å². The maximum atomic E-state index is 12.5. The van der Waals surface area contributed by atoms with Crippen LogP contribution < -0.4 is 10.2 Å². The van der Waals surface area contributed by atoms with E-state index < -0.39 is 6.43 Å². The molecule has 0 saturated carbocycles. The topological polar surface area (TPSA) is 65.1 Å². The van der Waals surface area contributed by atoms with Crippen LogP contribution in [0.4, 0.5) is 29.7 Å². The third-order valence-corrected chi connectivity index (χ3v) is 4.46. The molecule has 0 aliphatic carbocycles. The number of urea groups is 1. The Morgan fingerprint density at radius 3 is 2.54 bits per heavy atom. The summed E-state index contributed by atoms with van der Waals surface area (Å²) in [6.07, 6.45) is -2.07. The predicted octanol–water partition coefficient (Wildman–Crippen LogP) is 2.45. The van der Waals surface area contributed by atoms with E-state index in [0.29, 0.717) is 57.1 Å². The summed E-state index contributed by atoms with van der Waals surface area (Å²) < 4.78 is 29.9. The lowest BCUT2D eigenvalue weighted by Gasteiger charge is -2.22. The molecule has 2 aliphatic rings. The van der Waals surface area contributed by atoms with Gasteiger partial charge >= 0.3 is 12.1 Å². The van der Waals surface area contributed by atoms with Crippen molar-refractivity contribution in [2.75, 3.05) is 56.1 Å². The van der Waals surface area contributed by atoms with Crippen molar-refractivity contribution in [3.8, 4) is 0 Å². The molecule has 2 fully saturated rings. The van der Waals surface area contributed by atoms with Crippen LogP contribution in [0.3, 0.4) is 0 Å². The van der Waals surface area contributed by atoms with Gasteiger partial charge in [-0.25, -0.2) is 18.4 Å². The molecule has 2 saturated heterocycles. The largest absolute Gasteiger partial charge is 0.447 e. The van der Waals surface area contributed by atoms with Crippen LogP contribution in [0, 0.1) is 0 Å². The molecule has 2 aliphatic heterocycles. The third kappa shape index (κ3) is 4.60. The number of amides is 3. The molecule has 0 bridgehead atoms. The quantitative estimate of drug-likeness (QED) is 0.887. The summed E-state index contributed by atoms with van der Waals surface area (Å²) in [5.41, 5.74) is 1.32. The van der Waals surface area contributed by atoms with E-state index in [4.69, 9.17) is 4.74 Å². The molecule has 142 valence electrons. The molecule has 3 amide bonds. The second kappa shape index (κ2) is 8.31. The highest BCUT2D eigenvalue weighted by molar-refractivity contribution is 5.91. The van der Waals surface area contributed by atoms with Crippen molar-refractivity contribution in [1.29, 1.82) is 0 Å². The van der Waals surface area contributed by atoms with Crippen LogP contribution in [0.15, 0.2) is 24.3 Å². The lowest BCUT2D eigenvalue weighted by molar-refractivity contribution is 0.0905. The normalized spacial score (nSPS) is 18.8. The van der Waals surface area contributed by atoms with Crippen LogP contribution in [0.25, 0.3) is 0 Å². The van der Waals surface area contributed by atoms with Crippen molar-refractivity contribution >= 4 is 23.5 Å². The van der Waals surface area contributed by atoms with Gasteiger partial charge < -0.3 is 15.0 Å². The first kappa shape index (κ1) is 18.4. The van der Waals surface area contributed by atoms with Gasteiger partial charge in [0, 0.05) is 37.6 Å². The van der Waals surface area contributed by atoms with E-state index in [1.54, 1.807) is 34.1 Å². The molecule has 1 aromatic carbocycles. The molecule has 1 N–H and O–H groups in total. The number of alkyl halides is 2. The van der Waals surface area contributed by atoms with Crippen LogP contribution in [-0.4, -0.2) is 74.2 Å². The molecule has 0 radical (unpaired) electrons. The first-order valence-corrected chi connectivity index (χ1v) is 8.64. The summed E-state index contributed by atoms with van der Waals surface area (Å²) in [4.78, 5) is 28.8. The monoisotopic (exact) mass is 368 g/mol. The molecule has 0 aromatic heterocycles. The van der Waals surface area contributed by atoms with Crippen LogP contribution in [0.1, 0.15) is 6.42 Å². The molecule has 0 spiro atoms. The number of nitrogens with one attached hydrogen (secondary N) is 1. The zero-order chi connectivity index (χ0) is 18.5.